The lowest BCUT2D eigenvalue weighted by Gasteiger charge is -2.01. The molecule has 3 aromatic rings. The van der Waals surface area contributed by atoms with Crippen molar-refractivity contribution in [3.8, 4) is 0 Å². The first kappa shape index (κ1) is 14.2. The fraction of sp³-hybridized carbons (Fsp3) is 0.375. The van der Waals surface area contributed by atoms with E-state index in [0.29, 0.717) is 0 Å². The van der Waals surface area contributed by atoms with Crippen LogP contribution in [0.4, 0.5) is 0 Å². The van der Waals surface area contributed by atoms with Gasteiger partial charge < -0.3 is 9.88 Å². The second kappa shape index (κ2) is 6.37. The Hall–Kier alpha value is -1.72. The fourth-order valence-corrected chi connectivity index (χ4v) is 3.25. The normalized spacial score (nSPS) is 11.3. The molecule has 0 radical (unpaired) electrons. The number of pyridine rings is 1. The van der Waals surface area contributed by atoms with Crippen LogP contribution in [-0.4, -0.2) is 21.1 Å². The van der Waals surface area contributed by atoms with Crippen molar-refractivity contribution in [2.24, 2.45) is 0 Å². The van der Waals surface area contributed by atoms with E-state index in [0.717, 1.165) is 42.4 Å². The average molecular weight is 300 g/mol. The lowest BCUT2D eigenvalue weighted by atomic mass is 10.2. The summed E-state index contributed by atoms with van der Waals surface area (Å²) in [4.78, 5) is 9.10. The number of nitrogens with one attached hydrogen (secondary N) is 1. The molecule has 1 N–H and O–H groups in total. The first-order valence-electron chi connectivity index (χ1n) is 7.32. The molecule has 0 aliphatic heterocycles. The summed E-state index contributed by atoms with van der Waals surface area (Å²) in [5, 5.41) is 7.92. The molecule has 0 saturated carbocycles. The topological polar surface area (TPSA) is 42.7 Å². The highest BCUT2D eigenvalue weighted by molar-refractivity contribution is 7.09. The minimum absolute atomic E-state index is 0.791. The Bertz CT molecular complexity index is 729. The molecule has 4 nitrogen and oxygen atoms in total. The molecule has 0 fully saturated rings. The first-order valence-corrected chi connectivity index (χ1v) is 8.20. The van der Waals surface area contributed by atoms with Crippen LogP contribution in [0.2, 0.25) is 0 Å². The van der Waals surface area contributed by atoms with Gasteiger partial charge in [-0.2, -0.15) is 0 Å². The Balaban J connectivity index is 1.90. The number of thiazole rings is 1. The van der Waals surface area contributed by atoms with Gasteiger partial charge in [0.1, 0.15) is 10.7 Å². The van der Waals surface area contributed by atoms with Crippen LogP contribution in [0.15, 0.2) is 29.9 Å². The third kappa shape index (κ3) is 3.14. The molecule has 3 rings (SSSR count). The van der Waals surface area contributed by atoms with Crippen molar-refractivity contribution in [2.75, 3.05) is 6.54 Å². The minimum Gasteiger partial charge on any atom is -0.325 e. The molecule has 0 saturated heterocycles. The standard InChI is InChI=1S/C16H20N4S/c1-3-6-17-8-13-9-20(10-15-19-12(2)11-21-15)16-14(13)5-4-7-18-16/h4-5,7,9,11,17H,3,6,8,10H2,1-2H3. The van der Waals surface area contributed by atoms with Gasteiger partial charge in [-0.1, -0.05) is 6.92 Å². The van der Waals surface area contributed by atoms with Crippen molar-refractivity contribution in [3.63, 3.8) is 0 Å². The highest BCUT2D eigenvalue weighted by atomic mass is 32.1. The van der Waals surface area contributed by atoms with E-state index in [1.165, 1.54) is 10.9 Å². The largest absolute Gasteiger partial charge is 0.325 e. The van der Waals surface area contributed by atoms with E-state index < -0.39 is 0 Å². The predicted octanol–water partition coefficient (Wildman–Crippen LogP) is 3.35. The van der Waals surface area contributed by atoms with Gasteiger partial charge in [0.15, 0.2) is 0 Å². The second-order valence-electron chi connectivity index (χ2n) is 5.22. The Morgan fingerprint density at radius 2 is 2.29 bits per heavy atom. The first-order chi connectivity index (χ1) is 10.3. The molecule has 21 heavy (non-hydrogen) atoms. The van der Waals surface area contributed by atoms with Gasteiger partial charge in [0, 0.05) is 35.4 Å². The summed E-state index contributed by atoms with van der Waals surface area (Å²) in [7, 11) is 0. The SMILES string of the molecule is CCCNCc1cn(Cc2nc(C)cs2)c2ncccc12. The van der Waals surface area contributed by atoms with Gasteiger partial charge in [0.05, 0.1) is 6.54 Å². The van der Waals surface area contributed by atoms with E-state index in [2.05, 4.69) is 44.4 Å². The van der Waals surface area contributed by atoms with Crippen LogP contribution in [-0.2, 0) is 13.1 Å². The van der Waals surface area contributed by atoms with Crippen LogP contribution in [0, 0.1) is 6.92 Å². The van der Waals surface area contributed by atoms with Crippen molar-refractivity contribution in [1.82, 2.24) is 19.9 Å². The molecule has 0 aliphatic carbocycles. The highest BCUT2D eigenvalue weighted by Crippen LogP contribution is 2.21. The highest BCUT2D eigenvalue weighted by Gasteiger charge is 2.10. The Labute approximate surface area is 128 Å². The van der Waals surface area contributed by atoms with Crippen molar-refractivity contribution >= 4 is 22.4 Å². The van der Waals surface area contributed by atoms with Crippen LogP contribution in [0.5, 0.6) is 0 Å². The molecule has 0 atom stereocenters. The van der Waals surface area contributed by atoms with E-state index in [1.807, 2.05) is 19.2 Å². The van der Waals surface area contributed by atoms with Crippen LogP contribution >= 0.6 is 11.3 Å². The molecule has 0 aromatic carbocycles. The molecule has 0 bridgehead atoms. The monoisotopic (exact) mass is 300 g/mol. The summed E-state index contributed by atoms with van der Waals surface area (Å²) in [6.07, 6.45) is 5.21. The summed E-state index contributed by atoms with van der Waals surface area (Å²) in [6, 6.07) is 4.15. The molecule has 0 amide bonds. The van der Waals surface area contributed by atoms with Crippen molar-refractivity contribution in [3.05, 3.63) is 46.2 Å². The van der Waals surface area contributed by atoms with Gasteiger partial charge in [-0.05, 0) is 37.6 Å². The zero-order valence-corrected chi connectivity index (χ0v) is 13.3. The minimum atomic E-state index is 0.791. The number of hydrogen-bond donors (Lipinski definition) is 1. The molecule has 5 heteroatoms. The number of hydrogen-bond acceptors (Lipinski definition) is 4. The van der Waals surface area contributed by atoms with E-state index in [4.69, 9.17) is 0 Å². The molecule has 3 heterocycles. The van der Waals surface area contributed by atoms with E-state index >= 15 is 0 Å². The van der Waals surface area contributed by atoms with Crippen molar-refractivity contribution in [2.45, 2.75) is 33.4 Å². The van der Waals surface area contributed by atoms with Gasteiger partial charge >= 0.3 is 0 Å². The van der Waals surface area contributed by atoms with Crippen LogP contribution in [0.3, 0.4) is 0 Å². The summed E-state index contributed by atoms with van der Waals surface area (Å²) in [6.45, 7) is 6.94. The third-order valence-corrected chi connectivity index (χ3v) is 4.38. The van der Waals surface area contributed by atoms with Crippen LogP contribution < -0.4 is 5.32 Å². The van der Waals surface area contributed by atoms with Crippen LogP contribution in [0.1, 0.15) is 29.6 Å². The van der Waals surface area contributed by atoms with Crippen molar-refractivity contribution in [1.29, 1.82) is 0 Å². The van der Waals surface area contributed by atoms with E-state index in [-0.39, 0.29) is 0 Å². The molecule has 0 spiro atoms. The lowest BCUT2D eigenvalue weighted by molar-refractivity contribution is 0.675. The Morgan fingerprint density at radius 3 is 3.05 bits per heavy atom. The number of aromatic nitrogens is 3. The van der Waals surface area contributed by atoms with Crippen LogP contribution in [0.25, 0.3) is 11.0 Å². The summed E-state index contributed by atoms with van der Waals surface area (Å²) in [5.74, 6) is 0. The molecule has 3 aromatic heterocycles. The molecular formula is C16H20N4S. The summed E-state index contributed by atoms with van der Waals surface area (Å²) >= 11 is 1.71. The fourth-order valence-electron chi connectivity index (χ4n) is 2.48. The third-order valence-electron chi connectivity index (χ3n) is 3.43. The average Bonchev–Trinajstić information content (AvgIpc) is 3.05. The zero-order valence-electron chi connectivity index (χ0n) is 12.5. The van der Waals surface area contributed by atoms with Gasteiger partial charge in [-0.3, -0.25) is 0 Å². The summed E-state index contributed by atoms with van der Waals surface area (Å²) in [5.41, 5.74) is 3.43. The molecule has 110 valence electrons. The predicted molar refractivity (Wildman–Crippen MR) is 87.7 cm³/mol. The smallest absolute Gasteiger partial charge is 0.140 e. The van der Waals surface area contributed by atoms with Gasteiger partial charge in [0.2, 0.25) is 0 Å². The molecule has 0 aliphatic rings. The van der Waals surface area contributed by atoms with Gasteiger partial charge in [-0.15, -0.1) is 11.3 Å². The number of rotatable bonds is 6. The van der Waals surface area contributed by atoms with E-state index in [1.54, 1.807) is 11.3 Å². The number of nitrogens with zero attached hydrogens (tertiary/aromatic N) is 3. The molecular weight excluding hydrogens is 280 g/mol. The van der Waals surface area contributed by atoms with Gasteiger partial charge in [-0.25, -0.2) is 9.97 Å². The summed E-state index contributed by atoms with van der Waals surface area (Å²) < 4.78 is 2.20. The Morgan fingerprint density at radius 1 is 1.38 bits per heavy atom. The number of aryl methyl sites for hydroxylation is 1. The van der Waals surface area contributed by atoms with Gasteiger partial charge in [0.25, 0.3) is 0 Å². The quantitative estimate of drug-likeness (QED) is 0.710. The van der Waals surface area contributed by atoms with E-state index in [9.17, 15) is 0 Å². The maximum Gasteiger partial charge on any atom is 0.140 e. The zero-order chi connectivity index (χ0) is 14.7. The van der Waals surface area contributed by atoms with Crippen molar-refractivity contribution < 1.29 is 0 Å². The Kier molecular flexibility index (Phi) is 4.31. The number of fused-ring (bicyclic) bond motifs is 1. The maximum absolute atomic E-state index is 4.55. The maximum atomic E-state index is 4.55. The second-order valence-corrected chi connectivity index (χ2v) is 6.16. The lowest BCUT2D eigenvalue weighted by Crippen LogP contribution is -2.13. The molecule has 0 unspecified atom stereocenters.